The lowest BCUT2D eigenvalue weighted by molar-refractivity contribution is -0.114. The molecule has 0 unspecified atom stereocenters. The van der Waals surface area contributed by atoms with Gasteiger partial charge in [0.25, 0.3) is 0 Å². The van der Waals surface area contributed by atoms with Crippen molar-refractivity contribution in [3.8, 4) is 6.07 Å². The summed E-state index contributed by atoms with van der Waals surface area (Å²) in [5.41, 5.74) is -1.24. The predicted octanol–water partition coefficient (Wildman–Crippen LogP) is 1.68. The van der Waals surface area contributed by atoms with Crippen molar-refractivity contribution in [1.29, 1.82) is 5.26 Å². The van der Waals surface area contributed by atoms with Gasteiger partial charge in [-0.1, -0.05) is 13.8 Å². The van der Waals surface area contributed by atoms with Crippen molar-refractivity contribution in [2.24, 2.45) is 17.3 Å². The largest absolute Gasteiger partial charge is 0.386 e. The smallest absolute Gasteiger partial charge is 0.108 e. The first kappa shape index (κ1) is 11.9. The molecule has 0 atom stereocenters. The maximum Gasteiger partial charge on any atom is 0.108 e. The monoisotopic (exact) mass is 222 g/mol. The molecule has 1 aliphatic carbocycles. The molecule has 1 heterocycles. The molecule has 0 radical (unpaired) electrons. The first-order valence-corrected chi connectivity index (χ1v) is 6.37. The van der Waals surface area contributed by atoms with E-state index in [4.69, 9.17) is 0 Å². The van der Waals surface area contributed by atoms with Gasteiger partial charge in [0.1, 0.15) is 5.60 Å². The standard InChI is InChI=1S/C13H22N2O/c1-10(2)11-3-5-12(7-14,6-4-11)13(16)8-15-9-13/h10-11,15-16H,3-6,8-9H2,1-2H3. The average molecular weight is 222 g/mol. The van der Waals surface area contributed by atoms with Gasteiger partial charge in [-0.15, -0.1) is 0 Å². The average Bonchev–Trinajstić information content (AvgIpc) is 2.25. The first-order valence-electron chi connectivity index (χ1n) is 6.37. The maximum atomic E-state index is 10.4. The van der Waals surface area contributed by atoms with Crippen molar-refractivity contribution in [3.05, 3.63) is 0 Å². The van der Waals surface area contributed by atoms with Crippen molar-refractivity contribution in [2.45, 2.75) is 45.1 Å². The number of nitrogens with zero attached hydrogens (tertiary/aromatic N) is 1. The summed E-state index contributed by atoms with van der Waals surface area (Å²) in [5.74, 6) is 1.43. The van der Waals surface area contributed by atoms with Crippen molar-refractivity contribution in [2.75, 3.05) is 13.1 Å². The van der Waals surface area contributed by atoms with Crippen LogP contribution in [0.25, 0.3) is 0 Å². The molecule has 3 nitrogen and oxygen atoms in total. The Balaban J connectivity index is 2.07. The van der Waals surface area contributed by atoms with Crippen LogP contribution in [0.3, 0.4) is 0 Å². The predicted molar refractivity (Wildman–Crippen MR) is 62.7 cm³/mol. The van der Waals surface area contributed by atoms with Crippen molar-refractivity contribution < 1.29 is 5.11 Å². The van der Waals surface area contributed by atoms with Crippen LogP contribution in [0.2, 0.25) is 0 Å². The highest BCUT2D eigenvalue weighted by Gasteiger charge is 2.55. The van der Waals surface area contributed by atoms with Crippen molar-refractivity contribution in [3.63, 3.8) is 0 Å². The summed E-state index contributed by atoms with van der Waals surface area (Å²) in [5, 5.41) is 22.9. The summed E-state index contributed by atoms with van der Waals surface area (Å²) in [4.78, 5) is 0. The Labute approximate surface area is 97.8 Å². The van der Waals surface area contributed by atoms with Gasteiger partial charge in [0.05, 0.1) is 11.5 Å². The van der Waals surface area contributed by atoms with Crippen LogP contribution in [0.4, 0.5) is 0 Å². The molecule has 0 bridgehead atoms. The van der Waals surface area contributed by atoms with E-state index in [-0.39, 0.29) is 0 Å². The van der Waals surface area contributed by atoms with Gasteiger partial charge >= 0.3 is 0 Å². The molecule has 1 saturated carbocycles. The summed E-state index contributed by atoms with van der Waals surface area (Å²) >= 11 is 0. The number of nitrogens with one attached hydrogen (secondary N) is 1. The lowest BCUT2D eigenvalue weighted by Crippen LogP contribution is -2.68. The molecule has 1 aliphatic heterocycles. The number of nitriles is 1. The number of β-amino-alcohol motifs (C(OH)–C–C–N with tert-alkyl or cyclic N) is 1. The molecule has 0 aromatic rings. The van der Waals surface area contributed by atoms with E-state index in [2.05, 4.69) is 25.2 Å². The first-order chi connectivity index (χ1) is 7.53. The third-order valence-corrected chi connectivity index (χ3v) is 4.77. The highest BCUT2D eigenvalue weighted by molar-refractivity contribution is 5.18. The number of aliphatic hydroxyl groups is 1. The van der Waals surface area contributed by atoms with Gasteiger partial charge < -0.3 is 10.4 Å². The van der Waals surface area contributed by atoms with Gasteiger partial charge in [0, 0.05) is 13.1 Å². The minimum atomic E-state index is -0.760. The molecular formula is C13H22N2O. The Morgan fingerprint density at radius 2 is 1.88 bits per heavy atom. The van der Waals surface area contributed by atoms with E-state index in [1.54, 1.807) is 0 Å². The van der Waals surface area contributed by atoms with Crippen LogP contribution in [-0.4, -0.2) is 23.8 Å². The molecule has 0 aromatic heterocycles. The molecule has 16 heavy (non-hydrogen) atoms. The van der Waals surface area contributed by atoms with E-state index >= 15 is 0 Å². The fourth-order valence-electron chi connectivity index (χ4n) is 3.18. The highest BCUT2D eigenvalue weighted by atomic mass is 16.3. The van der Waals surface area contributed by atoms with E-state index in [0.717, 1.165) is 31.6 Å². The molecule has 2 N–H and O–H groups in total. The molecule has 2 fully saturated rings. The fraction of sp³-hybridized carbons (Fsp3) is 0.923. The number of rotatable bonds is 2. The van der Waals surface area contributed by atoms with Crippen LogP contribution in [-0.2, 0) is 0 Å². The normalized spacial score (nSPS) is 37.8. The SMILES string of the molecule is CC(C)C1CCC(C#N)(C2(O)CNC2)CC1. The van der Waals surface area contributed by atoms with E-state index < -0.39 is 11.0 Å². The van der Waals surface area contributed by atoms with E-state index in [1.807, 2.05) is 0 Å². The van der Waals surface area contributed by atoms with Crippen LogP contribution >= 0.6 is 0 Å². The minimum absolute atomic E-state index is 0.482. The zero-order valence-electron chi connectivity index (χ0n) is 10.3. The van der Waals surface area contributed by atoms with Crippen LogP contribution in [0.15, 0.2) is 0 Å². The van der Waals surface area contributed by atoms with Crippen LogP contribution in [0.5, 0.6) is 0 Å². The van der Waals surface area contributed by atoms with Crippen molar-refractivity contribution >= 4 is 0 Å². The summed E-state index contributed by atoms with van der Waals surface area (Å²) in [7, 11) is 0. The third kappa shape index (κ3) is 1.65. The molecule has 2 rings (SSSR count). The van der Waals surface area contributed by atoms with Gasteiger partial charge in [-0.05, 0) is 37.5 Å². The summed E-state index contributed by atoms with van der Waals surface area (Å²) in [6, 6.07) is 2.43. The summed E-state index contributed by atoms with van der Waals surface area (Å²) in [6.07, 6.45) is 3.91. The topological polar surface area (TPSA) is 56.0 Å². The quantitative estimate of drug-likeness (QED) is 0.747. The fourth-order valence-corrected chi connectivity index (χ4v) is 3.18. The second kappa shape index (κ2) is 4.01. The minimum Gasteiger partial charge on any atom is -0.386 e. The maximum absolute atomic E-state index is 10.4. The Bertz CT molecular complexity index is 294. The molecule has 3 heteroatoms. The molecule has 1 saturated heterocycles. The Hall–Kier alpha value is -0.590. The highest BCUT2D eigenvalue weighted by Crippen LogP contribution is 2.48. The van der Waals surface area contributed by atoms with E-state index in [1.165, 1.54) is 0 Å². The van der Waals surface area contributed by atoms with Gasteiger partial charge in [0.2, 0.25) is 0 Å². The molecule has 0 amide bonds. The van der Waals surface area contributed by atoms with Crippen LogP contribution < -0.4 is 5.32 Å². The molecule has 0 aromatic carbocycles. The Morgan fingerprint density at radius 3 is 2.19 bits per heavy atom. The lowest BCUT2D eigenvalue weighted by Gasteiger charge is -2.52. The number of hydrogen-bond donors (Lipinski definition) is 2. The third-order valence-electron chi connectivity index (χ3n) is 4.77. The molecular weight excluding hydrogens is 200 g/mol. The van der Waals surface area contributed by atoms with Crippen LogP contribution in [0.1, 0.15) is 39.5 Å². The lowest BCUT2D eigenvalue weighted by atomic mass is 9.59. The zero-order valence-corrected chi connectivity index (χ0v) is 10.3. The van der Waals surface area contributed by atoms with Crippen molar-refractivity contribution in [1.82, 2.24) is 5.32 Å². The Morgan fingerprint density at radius 1 is 1.31 bits per heavy atom. The van der Waals surface area contributed by atoms with Gasteiger partial charge in [-0.25, -0.2) is 0 Å². The molecule has 0 spiro atoms. The van der Waals surface area contributed by atoms with E-state index in [9.17, 15) is 10.4 Å². The summed E-state index contributed by atoms with van der Waals surface area (Å²) < 4.78 is 0. The number of hydrogen-bond acceptors (Lipinski definition) is 3. The van der Waals surface area contributed by atoms with Gasteiger partial charge in [-0.3, -0.25) is 0 Å². The molecule has 90 valence electrons. The second-order valence-corrected chi connectivity index (χ2v) is 5.91. The second-order valence-electron chi connectivity index (χ2n) is 5.91. The zero-order chi connectivity index (χ0) is 11.8. The summed E-state index contributed by atoms with van der Waals surface area (Å²) in [6.45, 7) is 5.69. The van der Waals surface area contributed by atoms with Gasteiger partial charge in [0.15, 0.2) is 0 Å². The Kier molecular flexibility index (Phi) is 2.98. The van der Waals surface area contributed by atoms with Crippen LogP contribution in [0, 0.1) is 28.6 Å². The van der Waals surface area contributed by atoms with Gasteiger partial charge in [-0.2, -0.15) is 5.26 Å². The molecule has 2 aliphatic rings. The van der Waals surface area contributed by atoms with E-state index in [0.29, 0.717) is 19.0 Å².